The Bertz CT molecular complexity index is 470. The maximum Gasteiger partial charge on any atom is 0.137 e. The van der Waals surface area contributed by atoms with Gasteiger partial charge in [-0.25, -0.2) is 0 Å². The van der Waals surface area contributed by atoms with Gasteiger partial charge in [0, 0.05) is 0 Å². The molecule has 1 aromatic carbocycles. The number of thiophene rings is 1. The summed E-state index contributed by atoms with van der Waals surface area (Å²) < 4.78 is 5.17. The van der Waals surface area contributed by atoms with Crippen LogP contribution >= 0.6 is 22.9 Å². The largest absolute Gasteiger partial charge is 0.495 e. The van der Waals surface area contributed by atoms with Crippen LogP contribution in [0.3, 0.4) is 0 Å². The molecule has 0 unspecified atom stereocenters. The molecule has 0 saturated heterocycles. The molecule has 16 heavy (non-hydrogen) atoms. The fraction of sp³-hybridized carbons (Fsp3) is 0.167. The third kappa shape index (κ3) is 2.21. The van der Waals surface area contributed by atoms with Gasteiger partial charge in [0.2, 0.25) is 0 Å². The first-order valence-corrected chi connectivity index (χ1v) is 6.15. The van der Waals surface area contributed by atoms with E-state index in [1.165, 1.54) is 0 Å². The predicted octanol–water partition coefficient (Wildman–Crippen LogP) is 3.46. The van der Waals surface area contributed by atoms with E-state index in [2.05, 4.69) is 0 Å². The first-order valence-electron chi connectivity index (χ1n) is 4.83. The van der Waals surface area contributed by atoms with Crippen molar-refractivity contribution in [1.29, 1.82) is 0 Å². The van der Waals surface area contributed by atoms with Crippen LogP contribution in [0.15, 0.2) is 35.0 Å². The number of methoxy groups -OCH3 is 1. The van der Waals surface area contributed by atoms with Gasteiger partial charge < -0.3 is 10.5 Å². The molecule has 2 N–H and O–H groups in total. The summed E-state index contributed by atoms with van der Waals surface area (Å²) in [7, 11) is 1.60. The summed E-state index contributed by atoms with van der Waals surface area (Å²) in [5.41, 5.74) is 8.25. The van der Waals surface area contributed by atoms with Crippen molar-refractivity contribution in [2.24, 2.45) is 5.73 Å². The minimum absolute atomic E-state index is 0.127. The second kappa shape index (κ2) is 4.87. The number of rotatable bonds is 3. The van der Waals surface area contributed by atoms with Crippen LogP contribution in [0.1, 0.15) is 17.2 Å². The van der Waals surface area contributed by atoms with Crippen molar-refractivity contribution in [2.75, 3.05) is 7.11 Å². The summed E-state index contributed by atoms with van der Waals surface area (Å²) in [6.45, 7) is 0. The van der Waals surface area contributed by atoms with Crippen molar-refractivity contribution in [3.63, 3.8) is 0 Å². The van der Waals surface area contributed by atoms with Crippen LogP contribution in [0, 0.1) is 0 Å². The van der Waals surface area contributed by atoms with Crippen LogP contribution < -0.4 is 10.5 Å². The van der Waals surface area contributed by atoms with E-state index in [1.54, 1.807) is 18.4 Å². The molecule has 0 aliphatic carbocycles. The summed E-state index contributed by atoms with van der Waals surface area (Å²) >= 11 is 7.60. The molecule has 0 radical (unpaired) electrons. The first-order chi connectivity index (χ1) is 7.72. The minimum Gasteiger partial charge on any atom is -0.495 e. The summed E-state index contributed by atoms with van der Waals surface area (Å²) in [5.74, 6) is 0.657. The third-order valence-electron chi connectivity index (χ3n) is 2.44. The summed E-state index contributed by atoms with van der Waals surface area (Å²) in [5, 5.41) is 4.66. The molecule has 1 aromatic heterocycles. The van der Waals surface area contributed by atoms with E-state index in [0.717, 1.165) is 11.1 Å². The van der Waals surface area contributed by atoms with Crippen LogP contribution in [0.2, 0.25) is 5.02 Å². The highest BCUT2D eigenvalue weighted by atomic mass is 35.5. The highest BCUT2D eigenvalue weighted by molar-refractivity contribution is 7.08. The van der Waals surface area contributed by atoms with Gasteiger partial charge in [-0.05, 0) is 40.1 Å². The van der Waals surface area contributed by atoms with Gasteiger partial charge in [-0.15, -0.1) is 0 Å². The molecule has 2 nitrogen and oxygen atoms in total. The van der Waals surface area contributed by atoms with Gasteiger partial charge in [0.15, 0.2) is 0 Å². The lowest BCUT2D eigenvalue weighted by atomic mass is 10.0. The van der Waals surface area contributed by atoms with Crippen molar-refractivity contribution in [2.45, 2.75) is 6.04 Å². The van der Waals surface area contributed by atoms with Crippen molar-refractivity contribution >= 4 is 22.9 Å². The number of nitrogens with two attached hydrogens (primary N) is 1. The van der Waals surface area contributed by atoms with Crippen molar-refractivity contribution < 1.29 is 4.74 Å². The zero-order chi connectivity index (χ0) is 11.5. The predicted molar refractivity (Wildman–Crippen MR) is 68.4 cm³/mol. The Balaban J connectivity index is 2.34. The minimum atomic E-state index is -0.127. The number of benzene rings is 1. The first kappa shape index (κ1) is 11.5. The molecule has 2 rings (SSSR count). The van der Waals surface area contributed by atoms with E-state index >= 15 is 0 Å². The van der Waals surface area contributed by atoms with Gasteiger partial charge >= 0.3 is 0 Å². The quantitative estimate of drug-likeness (QED) is 0.909. The molecule has 1 heterocycles. The highest BCUT2D eigenvalue weighted by Gasteiger charge is 2.11. The normalized spacial score (nSPS) is 12.4. The number of ether oxygens (including phenoxy) is 1. The van der Waals surface area contributed by atoms with Gasteiger partial charge in [0.1, 0.15) is 5.75 Å². The molecule has 0 aliphatic heterocycles. The van der Waals surface area contributed by atoms with E-state index in [1.807, 2.05) is 35.0 Å². The molecule has 0 fully saturated rings. The molecule has 0 saturated carbocycles. The summed E-state index contributed by atoms with van der Waals surface area (Å²) in [6.07, 6.45) is 0. The molecule has 1 atom stereocenters. The summed E-state index contributed by atoms with van der Waals surface area (Å²) in [6, 6.07) is 7.51. The van der Waals surface area contributed by atoms with Crippen molar-refractivity contribution in [3.8, 4) is 5.75 Å². The van der Waals surface area contributed by atoms with E-state index in [9.17, 15) is 0 Å². The molecule has 0 spiro atoms. The zero-order valence-electron chi connectivity index (χ0n) is 8.81. The Morgan fingerprint density at radius 1 is 1.31 bits per heavy atom. The lowest BCUT2D eigenvalue weighted by molar-refractivity contribution is 0.414. The maximum absolute atomic E-state index is 6.14. The second-order valence-corrected chi connectivity index (χ2v) is 4.62. The SMILES string of the molecule is COc1cc([C@H](N)c2ccsc2)ccc1Cl. The Morgan fingerprint density at radius 3 is 2.75 bits per heavy atom. The lowest BCUT2D eigenvalue weighted by Crippen LogP contribution is -2.10. The van der Waals surface area contributed by atoms with Gasteiger partial charge in [-0.1, -0.05) is 17.7 Å². The second-order valence-electron chi connectivity index (χ2n) is 3.43. The molecular formula is C12H12ClNOS. The standard InChI is InChI=1S/C12H12ClNOS/c1-15-11-6-8(2-3-10(11)13)12(14)9-4-5-16-7-9/h2-7,12H,14H2,1H3/t12-/m0/s1. The molecule has 2 aromatic rings. The van der Waals surface area contributed by atoms with Crippen molar-refractivity contribution in [3.05, 3.63) is 51.2 Å². The smallest absolute Gasteiger partial charge is 0.137 e. The highest BCUT2D eigenvalue weighted by Crippen LogP contribution is 2.29. The summed E-state index contributed by atoms with van der Waals surface area (Å²) in [4.78, 5) is 0. The van der Waals surface area contributed by atoms with Crippen molar-refractivity contribution in [1.82, 2.24) is 0 Å². The Morgan fingerprint density at radius 2 is 2.12 bits per heavy atom. The molecule has 4 heteroatoms. The van der Waals surface area contributed by atoms with E-state index in [4.69, 9.17) is 22.1 Å². The van der Waals surface area contributed by atoms with Crippen LogP contribution in [0.4, 0.5) is 0 Å². The zero-order valence-corrected chi connectivity index (χ0v) is 10.4. The van der Waals surface area contributed by atoms with Gasteiger partial charge in [0.25, 0.3) is 0 Å². The van der Waals surface area contributed by atoms with Gasteiger partial charge in [0.05, 0.1) is 18.2 Å². The van der Waals surface area contributed by atoms with Crippen LogP contribution in [-0.4, -0.2) is 7.11 Å². The Hall–Kier alpha value is -1.03. The average molecular weight is 254 g/mol. The molecular weight excluding hydrogens is 242 g/mol. The van der Waals surface area contributed by atoms with Crippen LogP contribution in [0.5, 0.6) is 5.75 Å². The fourth-order valence-electron chi connectivity index (χ4n) is 1.51. The Labute approximate surface area is 104 Å². The Kier molecular flexibility index (Phi) is 3.49. The topological polar surface area (TPSA) is 35.2 Å². The average Bonchev–Trinajstić information content (AvgIpc) is 2.82. The van der Waals surface area contributed by atoms with E-state index < -0.39 is 0 Å². The van der Waals surface area contributed by atoms with Crippen LogP contribution in [-0.2, 0) is 0 Å². The number of hydrogen-bond acceptors (Lipinski definition) is 3. The van der Waals surface area contributed by atoms with E-state index in [-0.39, 0.29) is 6.04 Å². The van der Waals surface area contributed by atoms with Gasteiger partial charge in [-0.3, -0.25) is 0 Å². The monoisotopic (exact) mass is 253 g/mol. The molecule has 0 aliphatic rings. The third-order valence-corrected chi connectivity index (χ3v) is 3.45. The maximum atomic E-state index is 6.14. The van der Waals surface area contributed by atoms with Gasteiger partial charge in [-0.2, -0.15) is 11.3 Å². The molecule has 0 amide bonds. The molecule has 0 bridgehead atoms. The lowest BCUT2D eigenvalue weighted by Gasteiger charge is -2.12. The number of halogens is 1. The fourth-order valence-corrected chi connectivity index (χ4v) is 2.41. The number of hydrogen-bond donors (Lipinski definition) is 1. The molecule has 84 valence electrons. The van der Waals surface area contributed by atoms with E-state index in [0.29, 0.717) is 10.8 Å². The van der Waals surface area contributed by atoms with Crippen LogP contribution in [0.25, 0.3) is 0 Å².